The lowest BCUT2D eigenvalue weighted by atomic mass is 10.1. The molecule has 1 aliphatic rings. The average Bonchev–Trinajstić information content (AvgIpc) is 2.39. The van der Waals surface area contributed by atoms with Gasteiger partial charge in [0.1, 0.15) is 0 Å². The van der Waals surface area contributed by atoms with Gasteiger partial charge in [0, 0.05) is 13.1 Å². The summed E-state index contributed by atoms with van der Waals surface area (Å²) in [5.74, 6) is 0.107. The van der Waals surface area contributed by atoms with E-state index in [1.54, 1.807) is 0 Å². The quantitative estimate of drug-likeness (QED) is 0.799. The topological polar surface area (TPSA) is 29.5 Å². The van der Waals surface area contributed by atoms with Gasteiger partial charge >= 0.3 is 0 Å². The molecule has 1 fully saturated rings. The van der Waals surface area contributed by atoms with Crippen molar-refractivity contribution in [3.05, 3.63) is 35.9 Å². The molecule has 1 aromatic carbocycles. The molecule has 1 aliphatic heterocycles. The molecule has 1 aromatic rings. The molecule has 0 bridgehead atoms. The van der Waals surface area contributed by atoms with Gasteiger partial charge in [0.2, 0.25) is 0 Å². The Morgan fingerprint density at radius 3 is 2.82 bits per heavy atom. The van der Waals surface area contributed by atoms with E-state index in [0.29, 0.717) is 6.61 Å². The Labute approximate surface area is 102 Å². The van der Waals surface area contributed by atoms with E-state index in [9.17, 15) is 4.79 Å². The van der Waals surface area contributed by atoms with E-state index in [-0.39, 0.29) is 5.91 Å². The SMILES string of the molecule is CCCCN1CCOC(c2ccccc2)C1=O. The fourth-order valence-corrected chi connectivity index (χ4v) is 2.07. The number of nitrogens with zero attached hydrogens (tertiary/aromatic N) is 1. The summed E-state index contributed by atoms with van der Waals surface area (Å²) in [7, 11) is 0. The molecule has 3 heteroatoms. The first-order valence-corrected chi connectivity index (χ1v) is 6.28. The van der Waals surface area contributed by atoms with Crippen LogP contribution in [0.15, 0.2) is 30.3 Å². The van der Waals surface area contributed by atoms with E-state index in [0.717, 1.165) is 31.5 Å². The second kappa shape index (κ2) is 5.82. The fourth-order valence-electron chi connectivity index (χ4n) is 2.07. The highest BCUT2D eigenvalue weighted by atomic mass is 16.5. The Morgan fingerprint density at radius 2 is 2.12 bits per heavy atom. The number of hydrogen-bond acceptors (Lipinski definition) is 2. The molecule has 0 aromatic heterocycles. The molecule has 1 saturated heterocycles. The van der Waals surface area contributed by atoms with E-state index in [1.807, 2.05) is 35.2 Å². The molecule has 1 unspecified atom stereocenters. The Bertz CT molecular complexity index is 364. The summed E-state index contributed by atoms with van der Waals surface area (Å²) >= 11 is 0. The first-order chi connectivity index (χ1) is 8.33. The number of amides is 1. The number of morpholine rings is 1. The zero-order valence-corrected chi connectivity index (χ0v) is 10.3. The summed E-state index contributed by atoms with van der Waals surface area (Å²) in [5, 5.41) is 0. The number of rotatable bonds is 4. The summed E-state index contributed by atoms with van der Waals surface area (Å²) in [6, 6.07) is 9.73. The zero-order valence-electron chi connectivity index (χ0n) is 10.3. The van der Waals surface area contributed by atoms with Gasteiger partial charge in [-0.15, -0.1) is 0 Å². The third kappa shape index (κ3) is 2.86. The minimum Gasteiger partial charge on any atom is -0.362 e. The Balaban J connectivity index is 2.06. The third-order valence-electron chi connectivity index (χ3n) is 3.07. The molecule has 1 amide bonds. The lowest BCUT2D eigenvalue weighted by Gasteiger charge is -2.32. The zero-order chi connectivity index (χ0) is 12.1. The first-order valence-electron chi connectivity index (χ1n) is 6.28. The molecule has 3 nitrogen and oxygen atoms in total. The van der Waals surface area contributed by atoms with Crippen LogP contribution in [-0.4, -0.2) is 30.5 Å². The molecule has 17 heavy (non-hydrogen) atoms. The third-order valence-corrected chi connectivity index (χ3v) is 3.07. The smallest absolute Gasteiger partial charge is 0.256 e. The van der Waals surface area contributed by atoms with Gasteiger partial charge < -0.3 is 9.64 Å². The van der Waals surface area contributed by atoms with Gasteiger partial charge in [-0.2, -0.15) is 0 Å². The molecule has 0 N–H and O–H groups in total. The minimum absolute atomic E-state index is 0.107. The van der Waals surface area contributed by atoms with E-state index >= 15 is 0 Å². The van der Waals surface area contributed by atoms with Crippen molar-refractivity contribution in [2.45, 2.75) is 25.9 Å². The van der Waals surface area contributed by atoms with Crippen LogP contribution in [-0.2, 0) is 9.53 Å². The van der Waals surface area contributed by atoms with Gasteiger partial charge in [-0.1, -0.05) is 43.7 Å². The van der Waals surface area contributed by atoms with E-state index in [2.05, 4.69) is 6.92 Å². The second-order valence-electron chi connectivity index (χ2n) is 4.34. The average molecular weight is 233 g/mol. The van der Waals surface area contributed by atoms with Crippen molar-refractivity contribution >= 4 is 5.91 Å². The van der Waals surface area contributed by atoms with Crippen LogP contribution in [0.1, 0.15) is 31.4 Å². The van der Waals surface area contributed by atoms with Crippen molar-refractivity contribution in [2.24, 2.45) is 0 Å². The van der Waals surface area contributed by atoms with Crippen LogP contribution in [0.2, 0.25) is 0 Å². The van der Waals surface area contributed by atoms with Crippen LogP contribution in [0.5, 0.6) is 0 Å². The molecular weight excluding hydrogens is 214 g/mol. The van der Waals surface area contributed by atoms with Crippen LogP contribution in [0.3, 0.4) is 0 Å². The van der Waals surface area contributed by atoms with E-state index in [4.69, 9.17) is 4.74 Å². The second-order valence-corrected chi connectivity index (χ2v) is 4.34. The number of hydrogen-bond donors (Lipinski definition) is 0. The lowest BCUT2D eigenvalue weighted by molar-refractivity contribution is -0.153. The fraction of sp³-hybridized carbons (Fsp3) is 0.500. The number of carbonyl (C=O) groups is 1. The van der Waals surface area contributed by atoms with Crippen molar-refractivity contribution in [2.75, 3.05) is 19.7 Å². The van der Waals surface area contributed by atoms with E-state index < -0.39 is 6.10 Å². The number of carbonyl (C=O) groups excluding carboxylic acids is 1. The molecule has 0 aliphatic carbocycles. The largest absolute Gasteiger partial charge is 0.362 e. The molecular formula is C14H19NO2. The highest BCUT2D eigenvalue weighted by Crippen LogP contribution is 2.23. The predicted molar refractivity (Wildman–Crippen MR) is 66.6 cm³/mol. The van der Waals surface area contributed by atoms with Crippen molar-refractivity contribution in [3.8, 4) is 0 Å². The Hall–Kier alpha value is -1.35. The van der Waals surface area contributed by atoms with Crippen molar-refractivity contribution in [1.82, 2.24) is 4.90 Å². The van der Waals surface area contributed by atoms with Crippen molar-refractivity contribution in [3.63, 3.8) is 0 Å². The standard InChI is InChI=1S/C14H19NO2/c1-2-3-9-15-10-11-17-13(14(15)16)12-7-5-4-6-8-12/h4-8,13H,2-3,9-11H2,1H3. The maximum atomic E-state index is 12.2. The van der Waals surface area contributed by atoms with Gasteiger partial charge in [0.05, 0.1) is 6.61 Å². The van der Waals surface area contributed by atoms with Crippen LogP contribution in [0, 0.1) is 0 Å². The molecule has 1 heterocycles. The van der Waals surface area contributed by atoms with Gasteiger partial charge in [0.25, 0.3) is 5.91 Å². The maximum Gasteiger partial charge on any atom is 0.256 e. The highest BCUT2D eigenvalue weighted by molar-refractivity contribution is 5.82. The van der Waals surface area contributed by atoms with Crippen LogP contribution in [0.4, 0.5) is 0 Å². The Morgan fingerprint density at radius 1 is 1.35 bits per heavy atom. The van der Waals surface area contributed by atoms with Crippen LogP contribution >= 0.6 is 0 Å². The molecule has 0 radical (unpaired) electrons. The molecule has 92 valence electrons. The summed E-state index contributed by atoms with van der Waals surface area (Å²) in [4.78, 5) is 14.2. The number of ether oxygens (including phenoxy) is 1. The predicted octanol–water partition coefficient (Wildman–Crippen LogP) is 2.39. The molecule has 0 saturated carbocycles. The normalized spacial score (nSPS) is 20.6. The number of benzene rings is 1. The molecule has 1 atom stereocenters. The van der Waals surface area contributed by atoms with Crippen LogP contribution in [0.25, 0.3) is 0 Å². The molecule has 2 rings (SSSR count). The van der Waals surface area contributed by atoms with Crippen molar-refractivity contribution in [1.29, 1.82) is 0 Å². The first kappa shape index (κ1) is 12.1. The molecule has 0 spiro atoms. The number of unbranched alkanes of at least 4 members (excludes halogenated alkanes) is 1. The summed E-state index contributed by atoms with van der Waals surface area (Å²) in [6.45, 7) is 4.35. The minimum atomic E-state index is -0.401. The summed E-state index contributed by atoms with van der Waals surface area (Å²) < 4.78 is 5.60. The highest BCUT2D eigenvalue weighted by Gasteiger charge is 2.30. The Kier molecular flexibility index (Phi) is 4.15. The van der Waals surface area contributed by atoms with Gasteiger partial charge in [-0.3, -0.25) is 4.79 Å². The van der Waals surface area contributed by atoms with Gasteiger partial charge in [0.15, 0.2) is 6.10 Å². The lowest BCUT2D eigenvalue weighted by Crippen LogP contribution is -2.43. The van der Waals surface area contributed by atoms with Gasteiger partial charge in [-0.25, -0.2) is 0 Å². The van der Waals surface area contributed by atoms with Gasteiger partial charge in [-0.05, 0) is 12.0 Å². The van der Waals surface area contributed by atoms with Crippen molar-refractivity contribution < 1.29 is 9.53 Å². The maximum absolute atomic E-state index is 12.2. The van der Waals surface area contributed by atoms with Crippen LogP contribution < -0.4 is 0 Å². The summed E-state index contributed by atoms with van der Waals surface area (Å²) in [6.07, 6.45) is 1.77. The van der Waals surface area contributed by atoms with E-state index in [1.165, 1.54) is 0 Å². The summed E-state index contributed by atoms with van der Waals surface area (Å²) in [5.41, 5.74) is 0.957. The monoisotopic (exact) mass is 233 g/mol.